The van der Waals surface area contributed by atoms with Crippen molar-refractivity contribution < 1.29 is 0 Å². The van der Waals surface area contributed by atoms with Gasteiger partial charge in [0.15, 0.2) is 16.6 Å². The normalized spacial score (nSPS) is 11.2. The van der Waals surface area contributed by atoms with Crippen LogP contribution < -0.4 is 16.7 Å². The van der Waals surface area contributed by atoms with Crippen LogP contribution in [0.2, 0.25) is 0 Å². The number of hydrogen-bond donors (Lipinski definition) is 3. The summed E-state index contributed by atoms with van der Waals surface area (Å²) in [6, 6.07) is 9.77. The first kappa shape index (κ1) is 15.6. The minimum Gasteiger partial charge on any atom is -0.382 e. The van der Waals surface area contributed by atoms with E-state index in [1.807, 2.05) is 37.4 Å². The van der Waals surface area contributed by atoms with Crippen molar-refractivity contribution in [2.75, 3.05) is 25.1 Å². The topological polar surface area (TPSA) is 102 Å². The molecule has 3 aromatic rings. The average molecular weight is 330 g/mol. The maximum Gasteiger partial charge on any atom is 0.328 e. The lowest BCUT2D eigenvalue weighted by atomic mass is 10.2. The average Bonchev–Trinajstić information content (AvgIpc) is 2.86. The number of nitrogens with two attached hydrogens (primary N) is 1. The van der Waals surface area contributed by atoms with E-state index in [0.717, 1.165) is 17.9 Å². The van der Waals surface area contributed by atoms with Gasteiger partial charge in [-0.15, -0.1) is 0 Å². The van der Waals surface area contributed by atoms with Crippen LogP contribution in [0.1, 0.15) is 5.56 Å². The number of aromatic nitrogens is 4. The highest BCUT2D eigenvalue weighted by Gasteiger charge is 2.14. The monoisotopic (exact) mass is 330 g/mol. The zero-order valence-corrected chi connectivity index (χ0v) is 13.6. The number of hydrogen-bond acceptors (Lipinski definition) is 6. The summed E-state index contributed by atoms with van der Waals surface area (Å²) in [4.78, 5) is 23.7. The van der Waals surface area contributed by atoms with Gasteiger partial charge in [-0.3, -0.25) is 4.57 Å². The Morgan fingerprint density at radius 3 is 2.83 bits per heavy atom. The Morgan fingerprint density at radius 1 is 1.30 bits per heavy atom. The number of benzene rings is 1. The number of aromatic amines is 1. The van der Waals surface area contributed by atoms with Gasteiger partial charge in [0.25, 0.3) is 0 Å². The van der Waals surface area contributed by atoms with Gasteiger partial charge in [-0.2, -0.15) is 0 Å². The van der Waals surface area contributed by atoms with Crippen LogP contribution in [0.15, 0.2) is 40.3 Å². The summed E-state index contributed by atoms with van der Waals surface area (Å²) < 4.78 is 1.59. The Bertz CT molecular complexity index is 858. The van der Waals surface area contributed by atoms with Crippen molar-refractivity contribution in [3.63, 3.8) is 0 Å². The Balaban J connectivity index is 2.00. The van der Waals surface area contributed by atoms with Crippen molar-refractivity contribution in [2.45, 2.75) is 11.7 Å². The first-order valence-corrected chi connectivity index (χ1v) is 8.25. The van der Waals surface area contributed by atoms with Crippen molar-refractivity contribution >= 4 is 28.7 Å². The number of nitrogen functional groups attached to an aromatic ring is 1. The van der Waals surface area contributed by atoms with Crippen molar-refractivity contribution in [1.29, 1.82) is 0 Å². The number of nitrogens with one attached hydrogen (secondary N) is 2. The first-order valence-electron chi connectivity index (χ1n) is 7.26. The molecular formula is C15H18N6OS. The highest BCUT2D eigenvalue weighted by atomic mass is 32.2. The zero-order chi connectivity index (χ0) is 16.2. The molecule has 120 valence electrons. The predicted octanol–water partition coefficient (Wildman–Crippen LogP) is 1.06. The van der Waals surface area contributed by atoms with Crippen LogP contribution in [-0.2, 0) is 6.54 Å². The standard InChI is InChI=1S/C15H18N6OS/c1-17-7-8-23-14-19-12(16)11-13(20-14)21(15(22)18-11)9-10-5-3-2-4-6-10/h2-6,17H,7-9H2,1H3,(H,18,22)(H2,16,19,20). The van der Waals surface area contributed by atoms with Crippen LogP contribution in [0.3, 0.4) is 0 Å². The third kappa shape index (κ3) is 3.38. The maximum atomic E-state index is 12.2. The van der Waals surface area contributed by atoms with E-state index in [9.17, 15) is 4.79 Å². The van der Waals surface area contributed by atoms with Gasteiger partial charge in [-0.25, -0.2) is 14.8 Å². The number of thioether (sulfide) groups is 1. The molecule has 3 rings (SSSR count). The smallest absolute Gasteiger partial charge is 0.328 e. The third-order valence-corrected chi connectivity index (χ3v) is 4.25. The molecule has 0 unspecified atom stereocenters. The lowest BCUT2D eigenvalue weighted by Gasteiger charge is -2.05. The summed E-state index contributed by atoms with van der Waals surface area (Å²) in [5.74, 6) is 1.13. The molecular weight excluding hydrogens is 312 g/mol. The van der Waals surface area contributed by atoms with Gasteiger partial charge in [0.05, 0.1) is 6.54 Å². The van der Waals surface area contributed by atoms with Gasteiger partial charge in [0.2, 0.25) is 0 Å². The van der Waals surface area contributed by atoms with E-state index in [1.54, 1.807) is 4.57 Å². The molecule has 2 heterocycles. The molecule has 2 aromatic heterocycles. The van der Waals surface area contributed by atoms with E-state index in [4.69, 9.17) is 5.73 Å². The Kier molecular flexibility index (Phi) is 4.63. The molecule has 0 aliphatic rings. The molecule has 0 atom stereocenters. The summed E-state index contributed by atoms with van der Waals surface area (Å²) in [7, 11) is 1.89. The highest BCUT2D eigenvalue weighted by molar-refractivity contribution is 7.99. The van der Waals surface area contributed by atoms with Gasteiger partial charge < -0.3 is 16.0 Å². The molecule has 0 radical (unpaired) electrons. The molecule has 7 nitrogen and oxygen atoms in total. The molecule has 0 saturated carbocycles. The van der Waals surface area contributed by atoms with Crippen LogP contribution in [-0.4, -0.2) is 38.9 Å². The van der Waals surface area contributed by atoms with Crippen LogP contribution in [0.25, 0.3) is 11.2 Å². The predicted molar refractivity (Wildman–Crippen MR) is 92.8 cm³/mol. The molecule has 0 bridgehead atoms. The van der Waals surface area contributed by atoms with Crippen LogP contribution in [0, 0.1) is 0 Å². The van der Waals surface area contributed by atoms with Crippen molar-refractivity contribution in [1.82, 2.24) is 24.8 Å². The summed E-state index contributed by atoms with van der Waals surface area (Å²) in [5, 5.41) is 3.64. The summed E-state index contributed by atoms with van der Waals surface area (Å²) >= 11 is 1.50. The van der Waals surface area contributed by atoms with Crippen molar-refractivity contribution in [3.05, 3.63) is 46.4 Å². The second-order valence-electron chi connectivity index (χ2n) is 5.04. The molecule has 0 aliphatic carbocycles. The molecule has 0 fully saturated rings. The Labute approximate surface area is 137 Å². The highest BCUT2D eigenvalue weighted by Crippen LogP contribution is 2.20. The first-order chi connectivity index (χ1) is 11.2. The zero-order valence-electron chi connectivity index (χ0n) is 12.7. The van der Waals surface area contributed by atoms with Gasteiger partial charge >= 0.3 is 5.69 Å². The van der Waals surface area contributed by atoms with Crippen molar-refractivity contribution in [3.8, 4) is 0 Å². The SMILES string of the molecule is CNCCSc1nc(N)c2[nH]c(=O)n(Cc3ccccc3)c2n1. The van der Waals surface area contributed by atoms with Crippen LogP contribution in [0.5, 0.6) is 0 Å². The summed E-state index contributed by atoms with van der Waals surface area (Å²) in [6.07, 6.45) is 0. The third-order valence-electron chi connectivity index (χ3n) is 3.40. The maximum absolute atomic E-state index is 12.2. The number of anilines is 1. The fraction of sp³-hybridized carbons (Fsp3) is 0.267. The molecule has 23 heavy (non-hydrogen) atoms. The fourth-order valence-electron chi connectivity index (χ4n) is 2.25. The molecule has 1 aromatic carbocycles. The molecule has 0 aliphatic heterocycles. The van der Waals surface area contributed by atoms with Gasteiger partial charge in [0, 0.05) is 12.3 Å². The van der Waals surface area contributed by atoms with Crippen molar-refractivity contribution in [2.24, 2.45) is 0 Å². The second-order valence-corrected chi connectivity index (χ2v) is 6.11. The van der Waals surface area contributed by atoms with Gasteiger partial charge in [0.1, 0.15) is 5.52 Å². The Hall–Kier alpha value is -2.32. The minimum absolute atomic E-state index is 0.234. The number of fused-ring (bicyclic) bond motifs is 1. The molecule has 0 amide bonds. The van der Waals surface area contributed by atoms with E-state index >= 15 is 0 Å². The fourth-order valence-corrected chi connectivity index (χ4v) is 3.06. The van der Waals surface area contributed by atoms with E-state index in [0.29, 0.717) is 28.7 Å². The largest absolute Gasteiger partial charge is 0.382 e. The summed E-state index contributed by atoms with van der Waals surface area (Å²) in [6.45, 7) is 1.28. The van der Waals surface area contributed by atoms with Gasteiger partial charge in [-0.05, 0) is 12.6 Å². The number of H-pyrrole nitrogens is 1. The van der Waals surface area contributed by atoms with Gasteiger partial charge in [-0.1, -0.05) is 42.1 Å². The van der Waals surface area contributed by atoms with Crippen LogP contribution in [0.4, 0.5) is 5.82 Å². The molecule has 0 spiro atoms. The minimum atomic E-state index is -0.234. The van der Waals surface area contributed by atoms with E-state index in [-0.39, 0.29) is 5.69 Å². The summed E-state index contributed by atoms with van der Waals surface area (Å²) in [5.41, 5.74) is 7.79. The lowest BCUT2D eigenvalue weighted by Crippen LogP contribution is -2.17. The number of imidazole rings is 1. The van der Waals surface area contributed by atoms with E-state index in [2.05, 4.69) is 20.3 Å². The van der Waals surface area contributed by atoms with E-state index in [1.165, 1.54) is 11.8 Å². The molecule has 0 saturated heterocycles. The quantitative estimate of drug-likeness (QED) is 0.355. The van der Waals surface area contributed by atoms with Crippen LogP contribution >= 0.6 is 11.8 Å². The lowest BCUT2D eigenvalue weighted by molar-refractivity contribution is 0.771. The second kappa shape index (κ2) is 6.84. The van der Waals surface area contributed by atoms with E-state index < -0.39 is 0 Å². The molecule has 8 heteroatoms. The Morgan fingerprint density at radius 2 is 2.09 bits per heavy atom. The molecule has 4 N–H and O–H groups in total. The number of rotatable bonds is 6. The number of nitrogens with zero attached hydrogens (tertiary/aromatic N) is 3.